The molecule has 0 bridgehead atoms. The first-order chi connectivity index (χ1) is 10.6. The minimum atomic E-state index is 0.469. The van der Waals surface area contributed by atoms with Crippen molar-refractivity contribution in [1.82, 2.24) is 5.32 Å². The molecule has 0 saturated carbocycles. The average molecular weight is 338 g/mol. The van der Waals surface area contributed by atoms with Crippen LogP contribution in [0, 0.1) is 0 Å². The SMILES string of the molecule is CC[C@@H](C)NCc1ccccc1OCc1ccc(Cl)c(Cl)c1. The van der Waals surface area contributed by atoms with Gasteiger partial charge in [-0.2, -0.15) is 0 Å². The molecule has 2 aromatic rings. The zero-order valence-electron chi connectivity index (χ0n) is 12.9. The van der Waals surface area contributed by atoms with Crippen molar-refractivity contribution in [2.75, 3.05) is 0 Å². The molecule has 0 aliphatic rings. The van der Waals surface area contributed by atoms with Crippen LogP contribution in [0.2, 0.25) is 10.0 Å². The molecule has 0 amide bonds. The van der Waals surface area contributed by atoms with E-state index in [0.717, 1.165) is 29.8 Å². The van der Waals surface area contributed by atoms with Gasteiger partial charge in [-0.1, -0.05) is 54.4 Å². The van der Waals surface area contributed by atoms with Crippen LogP contribution in [0.25, 0.3) is 0 Å². The van der Waals surface area contributed by atoms with Crippen LogP contribution in [-0.2, 0) is 13.2 Å². The maximum atomic E-state index is 6.03. The van der Waals surface area contributed by atoms with E-state index < -0.39 is 0 Å². The van der Waals surface area contributed by atoms with Crippen LogP contribution in [0.5, 0.6) is 5.75 Å². The van der Waals surface area contributed by atoms with Crippen molar-refractivity contribution in [1.29, 1.82) is 0 Å². The average Bonchev–Trinajstić information content (AvgIpc) is 2.54. The predicted octanol–water partition coefficient (Wildman–Crippen LogP) is 5.46. The molecule has 0 aliphatic heterocycles. The van der Waals surface area contributed by atoms with Gasteiger partial charge in [-0.05, 0) is 37.1 Å². The van der Waals surface area contributed by atoms with Crippen molar-refractivity contribution in [3.63, 3.8) is 0 Å². The van der Waals surface area contributed by atoms with Gasteiger partial charge in [-0.25, -0.2) is 0 Å². The Morgan fingerprint density at radius 1 is 1.09 bits per heavy atom. The summed E-state index contributed by atoms with van der Waals surface area (Å²) in [6.07, 6.45) is 1.10. The van der Waals surface area contributed by atoms with Crippen molar-refractivity contribution in [2.24, 2.45) is 0 Å². The number of hydrogen-bond donors (Lipinski definition) is 1. The van der Waals surface area contributed by atoms with Gasteiger partial charge in [-0.3, -0.25) is 0 Å². The van der Waals surface area contributed by atoms with E-state index in [1.807, 2.05) is 30.3 Å². The summed E-state index contributed by atoms with van der Waals surface area (Å²) in [5.74, 6) is 0.893. The molecule has 1 N–H and O–H groups in total. The van der Waals surface area contributed by atoms with Gasteiger partial charge in [-0.15, -0.1) is 0 Å². The molecule has 0 aromatic heterocycles. The lowest BCUT2D eigenvalue weighted by molar-refractivity contribution is 0.301. The second kappa shape index (κ2) is 8.42. The minimum Gasteiger partial charge on any atom is -0.489 e. The van der Waals surface area contributed by atoms with Gasteiger partial charge >= 0.3 is 0 Å². The van der Waals surface area contributed by atoms with Gasteiger partial charge in [0.2, 0.25) is 0 Å². The molecule has 22 heavy (non-hydrogen) atoms. The van der Waals surface area contributed by atoms with E-state index in [1.165, 1.54) is 0 Å². The molecule has 2 nitrogen and oxygen atoms in total. The summed E-state index contributed by atoms with van der Waals surface area (Å²) in [4.78, 5) is 0. The number of halogens is 2. The van der Waals surface area contributed by atoms with E-state index in [2.05, 4.69) is 25.2 Å². The molecule has 0 fully saturated rings. The van der Waals surface area contributed by atoms with Crippen LogP contribution in [0.15, 0.2) is 42.5 Å². The molecular weight excluding hydrogens is 317 g/mol. The fourth-order valence-corrected chi connectivity index (χ4v) is 2.33. The first-order valence-electron chi connectivity index (χ1n) is 7.48. The van der Waals surface area contributed by atoms with Crippen LogP contribution < -0.4 is 10.1 Å². The van der Waals surface area contributed by atoms with Crippen LogP contribution in [0.4, 0.5) is 0 Å². The minimum absolute atomic E-state index is 0.469. The monoisotopic (exact) mass is 337 g/mol. The lowest BCUT2D eigenvalue weighted by Crippen LogP contribution is -2.24. The van der Waals surface area contributed by atoms with Gasteiger partial charge in [0.05, 0.1) is 10.0 Å². The smallest absolute Gasteiger partial charge is 0.124 e. The molecule has 118 valence electrons. The van der Waals surface area contributed by atoms with Crippen molar-refractivity contribution < 1.29 is 4.74 Å². The zero-order valence-corrected chi connectivity index (χ0v) is 14.4. The van der Waals surface area contributed by atoms with Gasteiger partial charge in [0.25, 0.3) is 0 Å². The van der Waals surface area contributed by atoms with E-state index in [4.69, 9.17) is 27.9 Å². The quantitative estimate of drug-likeness (QED) is 0.724. The summed E-state index contributed by atoms with van der Waals surface area (Å²) in [7, 11) is 0. The van der Waals surface area contributed by atoms with Crippen LogP contribution in [-0.4, -0.2) is 6.04 Å². The third-order valence-electron chi connectivity index (χ3n) is 3.60. The van der Waals surface area contributed by atoms with Crippen LogP contribution in [0.1, 0.15) is 31.4 Å². The van der Waals surface area contributed by atoms with Crippen LogP contribution in [0.3, 0.4) is 0 Å². The van der Waals surface area contributed by atoms with Crippen molar-refractivity contribution in [3.8, 4) is 5.75 Å². The molecule has 2 aromatic carbocycles. The predicted molar refractivity (Wildman–Crippen MR) is 93.8 cm³/mol. The Bertz CT molecular complexity index is 616. The Morgan fingerprint density at radius 2 is 1.86 bits per heavy atom. The summed E-state index contributed by atoms with van der Waals surface area (Å²) in [6.45, 7) is 5.62. The number of para-hydroxylation sites is 1. The first kappa shape index (κ1) is 17.1. The summed E-state index contributed by atoms with van der Waals surface area (Å²) >= 11 is 12.0. The second-order valence-corrected chi connectivity index (χ2v) is 6.15. The Morgan fingerprint density at radius 3 is 2.59 bits per heavy atom. The van der Waals surface area contributed by atoms with Gasteiger partial charge < -0.3 is 10.1 Å². The van der Waals surface area contributed by atoms with E-state index in [0.29, 0.717) is 22.7 Å². The lowest BCUT2D eigenvalue weighted by Gasteiger charge is -2.15. The summed E-state index contributed by atoms with van der Waals surface area (Å²) in [5, 5.41) is 4.59. The molecule has 0 unspecified atom stereocenters. The fraction of sp³-hybridized carbons (Fsp3) is 0.333. The topological polar surface area (TPSA) is 21.3 Å². The third-order valence-corrected chi connectivity index (χ3v) is 4.34. The normalized spacial score (nSPS) is 12.2. The summed E-state index contributed by atoms with van der Waals surface area (Å²) in [5.41, 5.74) is 2.15. The highest BCUT2D eigenvalue weighted by Gasteiger charge is 2.06. The third kappa shape index (κ3) is 4.91. The van der Waals surface area contributed by atoms with Crippen LogP contribution >= 0.6 is 23.2 Å². The lowest BCUT2D eigenvalue weighted by atomic mass is 10.1. The fourth-order valence-electron chi connectivity index (χ4n) is 2.01. The van der Waals surface area contributed by atoms with E-state index in [9.17, 15) is 0 Å². The second-order valence-electron chi connectivity index (χ2n) is 5.34. The number of nitrogens with one attached hydrogen (secondary N) is 1. The highest BCUT2D eigenvalue weighted by atomic mass is 35.5. The van der Waals surface area contributed by atoms with E-state index in [-0.39, 0.29) is 0 Å². The first-order valence-corrected chi connectivity index (χ1v) is 8.23. The molecule has 1 atom stereocenters. The highest BCUT2D eigenvalue weighted by Crippen LogP contribution is 2.24. The molecule has 0 heterocycles. The van der Waals surface area contributed by atoms with E-state index >= 15 is 0 Å². The maximum Gasteiger partial charge on any atom is 0.124 e. The highest BCUT2D eigenvalue weighted by molar-refractivity contribution is 6.42. The Labute approximate surface area is 142 Å². The molecule has 0 aliphatic carbocycles. The zero-order chi connectivity index (χ0) is 15.9. The summed E-state index contributed by atoms with van der Waals surface area (Å²) < 4.78 is 5.94. The van der Waals surface area contributed by atoms with Gasteiger partial charge in [0, 0.05) is 18.2 Å². The molecule has 0 radical (unpaired) electrons. The maximum absolute atomic E-state index is 6.03. The van der Waals surface area contributed by atoms with Gasteiger partial charge in [0.15, 0.2) is 0 Å². The largest absolute Gasteiger partial charge is 0.489 e. The standard InChI is InChI=1S/C18H21Cl2NO/c1-3-13(2)21-11-15-6-4-5-7-18(15)22-12-14-8-9-16(19)17(20)10-14/h4-10,13,21H,3,11-12H2,1-2H3/t13-/m1/s1. The molecule has 4 heteroatoms. The molecule has 0 spiro atoms. The van der Waals surface area contributed by atoms with Crippen molar-refractivity contribution in [3.05, 3.63) is 63.6 Å². The van der Waals surface area contributed by atoms with Crippen molar-refractivity contribution in [2.45, 2.75) is 39.5 Å². The van der Waals surface area contributed by atoms with E-state index in [1.54, 1.807) is 6.07 Å². The molecule has 0 saturated heterocycles. The van der Waals surface area contributed by atoms with Crippen molar-refractivity contribution >= 4 is 23.2 Å². The molecular formula is C18H21Cl2NO. The Hall–Kier alpha value is -1.22. The number of ether oxygens (including phenoxy) is 1. The summed E-state index contributed by atoms with van der Waals surface area (Å²) in [6, 6.07) is 14.1. The Kier molecular flexibility index (Phi) is 6.56. The Balaban J connectivity index is 2.01. The number of benzene rings is 2. The molecule has 2 rings (SSSR count). The van der Waals surface area contributed by atoms with Gasteiger partial charge in [0.1, 0.15) is 12.4 Å². The number of rotatable bonds is 7. The number of hydrogen-bond acceptors (Lipinski definition) is 2.